The van der Waals surface area contributed by atoms with E-state index in [0.29, 0.717) is 6.04 Å². The zero-order chi connectivity index (χ0) is 9.10. The van der Waals surface area contributed by atoms with Crippen LogP contribution in [0.4, 0.5) is 5.95 Å². The van der Waals surface area contributed by atoms with E-state index in [9.17, 15) is 0 Å². The summed E-state index contributed by atoms with van der Waals surface area (Å²) < 4.78 is 2.26. The molecule has 1 aromatic rings. The Morgan fingerprint density at radius 1 is 1.54 bits per heavy atom. The molecule has 2 rings (SSSR count). The molecule has 0 saturated carbocycles. The minimum atomic E-state index is 0.659. The number of nitrogens with one attached hydrogen (secondary N) is 1. The molecule has 72 valence electrons. The van der Waals surface area contributed by atoms with Crippen LogP contribution in [-0.2, 0) is 0 Å². The van der Waals surface area contributed by atoms with Crippen molar-refractivity contribution in [3.8, 4) is 0 Å². The summed E-state index contributed by atoms with van der Waals surface area (Å²) in [7, 11) is 1.93. The Balaban J connectivity index is 2.13. The third-order valence-corrected chi connectivity index (χ3v) is 3.53. The number of hydrogen-bond acceptors (Lipinski definition) is 3. The monoisotopic (exact) mass is 197 g/mol. The topological polar surface area (TPSA) is 29.9 Å². The predicted octanol–water partition coefficient (Wildman–Crippen LogP) is 1.99. The van der Waals surface area contributed by atoms with Crippen LogP contribution in [0.1, 0.15) is 18.9 Å². The molecule has 1 aliphatic heterocycles. The van der Waals surface area contributed by atoms with E-state index in [1.807, 2.05) is 13.2 Å². The molecule has 0 bridgehead atoms. The number of thioether (sulfide) groups is 1. The fraction of sp³-hybridized carbons (Fsp3) is 0.667. The maximum Gasteiger partial charge on any atom is 0.202 e. The predicted molar refractivity (Wildman–Crippen MR) is 57.4 cm³/mol. The zero-order valence-electron chi connectivity index (χ0n) is 7.86. The fourth-order valence-electron chi connectivity index (χ4n) is 1.76. The number of nitrogens with zero attached hydrogens (tertiary/aromatic N) is 2. The van der Waals surface area contributed by atoms with Gasteiger partial charge in [0.2, 0.25) is 5.95 Å². The van der Waals surface area contributed by atoms with Crippen LogP contribution in [0, 0.1) is 0 Å². The molecule has 0 amide bonds. The van der Waals surface area contributed by atoms with Gasteiger partial charge in [-0.2, -0.15) is 11.8 Å². The first-order valence-electron chi connectivity index (χ1n) is 4.70. The van der Waals surface area contributed by atoms with Gasteiger partial charge in [0.15, 0.2) is 0 Å². The quantitative estimate of drug-likeness (QED) is 0.786. The van der Waals surface area contributed by atoms with E-state index < -0.39 is 0 Å². The van der Waals surface area contributed by atoms with Crippen LogP contribution in [-0.4, -0.2) is 28.1 Å². The lowest BCUT2D eigenvalue weighted by molar-refractivity contribution is 0.474. The Hall–Kier alpha value is -0.640. The molecular weight excluding hydrogens is 182 g/mol. The molecule has 1 N–H and O–H groups in total. The molecular formula is C9H15N3S. The summed E-state index contributed by atoms with van der Waals surface area (Å²) in [5.41, 5.74) is 0. The molecule has 0 aromatic carbocycles. The van der Waals surface area contributed by atoms with Crippen molar-refractivity contribution >= 4 is 17.7 Å². The summed E-state index contributed by atoms with van der Waals surface area (Å²) in [4.78, 5) is 4.25. The van der Waals surface area contributed by atoms with E-state index >= 15 is 0 Å². The second-order valence-electron chi connectivity index (χ2n) is 3.25. The maximum atomic E-state index is 4.25. The van der Waals surface area contributed by atoms with Crippen LogP contribution < -0.4 is 5.32 Å². The molecule has 0 atom stereocenters. The van der Waals surface area contributed by atoms with Gasteiger partial charge in [0.05, 0.1) is 0 Å². The highest BCUT2D eigenvalue weighted by Crippen LogP contribution is 2.28. The Morgan fingerprint density at radius 3 is 3.00 bits per heavy atom. The largest absolute Gasteiger partial charge is 0.359 e. The van der Waals surface area contributed by atoms with Gasteiger partial charge in [-0.25, -0.2) is 4.98 Å². The minimum Gasteiger partial charge on any atom is -0.359 e. The lowest BCUT2D eigenvalue weighted by Crippen LogP contribution is -2.16. The van der Waals surface area contributed by atoms with Crippen molar-refractivity contribution in [3.63, 3.8) is 0 Å². The smallest absolute Gasteiger partial charge is 0.202 e. The lowest BCUT2D eigenvalue weighted by atomic mass is 10.1. The van der Waals surface area contributed by atoms with E-state index in [1.54, 1.807) is 0 Å². The molecule has 3 nitrogen and oxygen atoms in total. The maximum absolute atomic E-state index is 4.25. The summed E-state index contributed by atoms with van der Waals surface area (Å²) in [6.45, 7) is 0. The number of hydrogen-bond donors (Lipinski definition) is 1. The highest BCUT2D eigenvalue weighted by molar-refractivity contribution is 7.99. The van der Waals surface area contributed by atoms with Crippen molar-refractivity contribution in [3.05, 3.63) is 12.4 Å². The first-order valence-corrected chi connectivity index (χ1v) is 5.85. The van der Waals surface area contributed by atoms with Gasteiger partial charge in [-0.3, -0.25) is 0 Å². The van der Waals surface area contributed by atoms with E-state index in [1.165, 1.54) is 24.3 Å². The van der Waals surface area contributed by atoms with E-state index in [2.05, 4.69) is 32.8 Å². The first-order chi connectivity index (χ1) is 6.42. The summed E-state index contributed by atoms with van der Waals surface area (Å²) in [6.07, 6.45) is 6.49. The van der Waals surface area contributed by atoms with Gasteiger partial charge in [-0.1, -0.05) is 0 Å². The average Bonchev–Trinajstić information content (AvgIpc) is 2.67. The SMILES string of the molecule is CNc1nccn1C1CCSCC1. The van der Waals surface area contributed by atoms with Gasteiger partial charge in [-0.05, 0) is 24.3 Å². The zero-order valence-corrected chi connectivity index (χ0v) is 8.68. The van der Waals surface area contributed by atoms with E-state index in [4.69, 9.17) is 0 Å². The van der Waals surface area contributed by atoms with E-state index in [0.717, 1.165) is 5.95 Å². The summed E-state index contributed by atoms with van der Waals surface area (Å²) in [6, 6.07) is 0.659. The molecule has 0 radical (unpaired) electrons. The van der Waals surface area contributed by atoms with Crippen molar-refractivity contribution < 1.29 is 0 Å². The third-order valence-electron chi connectivity index (χ3n) is 2.48. The van der Waals surface area contributed by atoms with Crippen LogP contribution >= 0.6 is 11.8 Å². The van der Waals surface area contributed by atoms with Gasteiger partial charge in [-0.15, -0.1) is 0 Å². The van der Waals surface area contributed by atoms with Gasteiger partial charge < -0.3 is 9.88 Å². The Labute approximate surface area is 82.9 Å². The second-order valence-corrected chi connectivity index (χ2v) is 4.48. The first kappa shape index (κ1) is 8.94. The van der Waals surface area contributed by atoms with Crippen molar-refractivity contribution in [2.24, 2.45) is 0 Å². The highest BCUT2D eigenvalue weighted by atomic mass is 32.2. The van der Waals surface area contributed by atoms with Crippen molar-refractivity contribution in [1.29, 1.82) is 0 Å². The Kier molecular flexibility index (Phi) is 2.78. The number of rotatable bonds is 2. The van der Waals surface area contributed by atoms with Gasteiger partial charge in [0, 0.05) is 25.5 Å². The molecule has 2 heterocycles. The van der Waals surface area contributed by atoms with Crippen LogP contribution in [0.2, 0.25) is 0 Å². The van der Waals surface area contributed by atoms with Crippen molar-refractivity contribution in [2.75, 3.05) is 23.9 Å². The summed E-state index contributed by atoms with van der Waals surface area (Å²) in [5.74, 6) is 3.56. The molecule has 1 saturated heterocycles. The molecule has 0 unspecified atom stereocenters. The lowest BCUT2D eigenvalue weighted by Gasteiger charge is -2.24. The van der Waals surface area contributed by atoms with Gasteiger partial charge in [0.1, 0.15) is 0 Å². The van der Waals surface area contributed by atoms with Crippen molar-refractivity contribution in [1.82, 2.24) is 9.55 Å². The number of anilines is 1. The average molecular weight is 197 g/mol. The molecule has 0 aliphatic carbocycles. The molecule has 1 aliphatic rings. The van der Waals surface area contributed by atoms with Gasteiger partial charge >= 0.3 is 0 Å². The standard InChI is InChI=1S/C9H15N3S/c1-10-9-11-4-5-12(9)8-2-6-13-7-3-8/h4-5,8H,2-3,6-7H2,1H3,(H,10,11). The normalized spacial score (nSPS) is 18.8. The Bertz CT molecular complexity index is 266. The molecule has 4 heteroatoms. The van der Waals surface area contributed by atoms with Crippen molar-refractivity contribution in [2.45, 2.75) is 18.9 Å². The summed E-state index contributed by atoms with van der Waals surface area (Å²) in [5, 5.41) is 3.12. The molecule has 0 spiro atoms. The molecule has 13 heavy (non-hydrogen) atoms. The van der Waals surface area contributed by atoms with Crippen LogP contribution in [0.25, 0.3) is 0 Å². The second kappa shape index (κ2) is 4.05. The number of imidazole rings is 1. The fourth-order valence-corrected chi connectivity index (χ4v) is 2.85. The highest BCUT2D eigenvalue weighted by Gasteiger charge is 2.17. The molecule has 1 aromatic heterocycles. The van der Waals surface area contributed by atoms with Gasteiger partial charge in [0.25, 0.3) is 0 Å². The molecule has 1 fully saturated rings. The summed E-state index contributed by atoms with van der Waals surface area (Å²) >= 11 is 2.06. The van der Waals surface area contributed by atoms with Crippen LogP contribution in [0.3, 0.4) is 0 Å². The Morgan fingerprint density at radius 2 is 2.31 bits per heavy atom. The van der Waals surface area contributed by atoms with Crippen LogP contribution in [0.5, 0.6) is 0 Å². The minimum absolute atomic E-state index is 0.659. The van der Waals surface area contributed by atoms with E-state index in [-0.39, 0.29) is 0 Å². The number of aromatic nitrogens is 2. The third kappa shape index (κ3) is 1.82. The van der Waals surface area contributed by atoms with Crippen LogP contribution in [0.15, 0.2) is 12.4 Å².